The molecule has 0 radical (unpaired) electrons. The van der Waals surface area contributed by atoms with E-state index in [-0.39, 0.29) is 0 Å². The summed E-state index contributed by atoms with van der Waals surface area (Å²) in [5.41, 5.74) is 0. The molecule has 0 aromatic carbocycles. The fourth-order valence-electron chi connectivity index (χ4n) is 0.102. The van der Waals surface area contributed by atoms with Crippen LogP contribution in [-0.4, -0.2) is 6.61 Å². The fraction of sp³-hybridized carbons (Fsp3) is 0.500. The van der Waals surface area contributed by atoms with Gasteiger partial charge in [0, 0.05) is 6.61 Å². The minimum absolute atomic E-state index is 0.670. The van der Waals surface area contributed by atoms with Crippen molar-refractivity contribution in [3.8, 4) is 0 Å². The molecule has 0 bridgehead atoms. The molecule has 0 atom stereocenters. The van der Waals surface area contributed by atoms with Crippen LogP contribution in [0.5, 0.6) is 0 Å². The average molecular weight is 172 g/mol. The number of halogens is 1. The number of hydrogen-bond acceptors (Lipinski definition) is 1. The van der Waals surface area contributed by atoms with E-state index in [0.717, 1.165) is 17.3 Å². The predicted molar refractivity (Wildman–Crippen MR) is 26.3 cm³/mol. The van der Waals surface area contributed by atoms with Crippen LogP contribution in [0.4, 0.5) is 0 Å². The van der Waals surface area contributed by atoms with Gasteiger partial charge in [-0.3, -0.25) is 0 Å². The summed E-state index contributed by atoms with van der Waals surface area (Å²) < 4.78 is 4.47. The van der Waals surface area contributed by atoms with E-state index >= 15 is 0 Å². The minimum atomic E-state index is 0.670. The topological polar surface area (TPSA) is 9.23 Å². The Morgan fingerprint density at radius 1 is 1.86 bits per heavy atom. The molecule has 3 heteroatoms. The third-order valence-electron chi connectivity index (χ3n) is 0.246. The summed E-state index contributed by atoms with van der Waals surface area (Å²) >= 11 is 0.847. The quantitative estimate of drug-likeness (QED) is 0.349. The van der Waals surface area contributed by atoms with E-state index in [4.69, 9.17) is 9.69 Å². The molecule has 0 saturated carbocycles. The van der Waals surface area contributed by atoms with E-state index in [2.05, 4.69) is 17.6 Å². The Labute approximate surface area is 58.4 Å². The fourth-order valence-corrected chi connectivity index (χ4v) is 0.102. The second-order valence-electron chi connectivity index (χ2n) is 0.577. The molecule has 0 amide bonds. The summed E-state index contributed by atoms with van der Waals surface area (Å²) in [6, 6.07) is 0. The average Bonchev–Trinajstić information content (AvgIpc) is 1.75. The summed E-state index contributed by atoms with van der Waals surface area (Å²) in [4.78, 5) is 0. The van der Waals surface area contributed by atoms with Gasteiger partial charge in [0.1, 0.15) is 0 Å². The van der Waals surface area contributed by atoms with Gasteiger partial charge in [0.25, 0.3) is 0 Å². The zero-order valence-electron chi connectivity index (χ0n) is 4.41. The first kappa shape index (κ1) is 10.4. The van der Waals surface area contributed by atoms with Crippen LogP contribution in [0.15, 0.2) is 6.58 Å². The molecule has 0 heterocycles. The van der Waals surface area contributed by atoms with Crippen molar-refractivity contribution in [1.82, 2.24) is 0 Å². The maximum atomic E-state index is 4.76. The zero-order valence-corrected chi connectivity index (χ0v) is 8.13. The molecule has 0 aliphatic heterocycles. The van der Waals surface area contributed by atoms with Crippen LogP contribution in [0.3, 0.4) is 0 Å². The van der Waals surface area contributed by atoms with E-state index in [0.29, 0.717) is 6.61 Å². The Hall–Kier alpha value is 0.453. The third-order valence-corrected chi connectivity index (χ3v) is 0.246. The Kier molecular flexibility index (Phi) is 24.0. The summed E-state index contributed by atoms with van der Waals surface area (Å²) in [5, 5.41) is 0. The van der Waals surface area contributed by atoms with Crippen LogP contribution in [0, 0.1) is 6.26 Å². The summed E-state index contributed by atoms with van der Waals surface area (Å²) in [6.07, 6.45) is 2.27. The molecule has 7 heavy (non-hydrogen) atoms. The Balaban J connectivity index is 0. The van der Waals surface area contributed by atoms with Crippen LogP contribution in [0.1, 0.15) is 6.92 Å². The Bertz CT molecular complexity index is 32.9. The van der Waals surface area contributed by atoms with Gasteiger partial charge in [-0.05, 0) is 6.92 Å². The van der Waals surface area contributed by atoms with Gasteiger partial charge in [-0.25, -0.2) is 6.58 Å². The molecular formula is C4H7ClOZn. The van der Waals surface area contributed by atoms with Crippen LogP contribution < -0.4 is 0 Å². The van der Waals surface area contributed by atoms with Gasteiger partial charge in [-0.2, -0.15) is 0 Å². The molecule has 0 rings (SSSR count). The van der Waals surface area contributed by atoms with Crippen molar-refractivity contribution >= 4 is 9.69 Å². The van der Waals surface area contributed by atoms with Crippen LogP contribution in [0.25, 0.3) is 0 Å². The van der Waals surface area contributed by atoms with Gasteiger partial charge < -0.3 is 11.0 Å². The maximum absolute atomic E-state index is 4.76. The predicted octanol–water partition coefficient (Wildman–Crippen LogP) is 1.66. The molecule has 38 valence electrons. The summed E-state index contributed by atoms with van der Waals surface area (Å²) in [6.45, 7) is 5.76. The SMILES string of the molecule is C=[C-]OCC.[Cl][Zn+]. The van der Waals surface area contributed by atoms with Crippen molar-refractivity contribution in [1.29, 1.82) is 0 Å². The number of rotatable bonds is 2. The van der Waals surface area contributed by atoms with E-state index in [1.165, 1.54) is 0 Å². The monoisotopic (exact) mass is 170 g/mol. The van der Waals surface area contributed by atoms with E-state index in [1.54, 1.807) is 0 Å². The van der Waals surface area contributed by atoms with Crippen molar-refractivity contribution < 1.29 is 22.0 Å². The first-order chi connectivity index (χ1) is 3.41. The van der Waals surface area contributed by atoms with Gasteiger partial charge in [0.15, 0.2) is 0 Å². The molecule has 1 nitrogen and oxygen atoms in total. The molecule has 0 aromatic rings. The molecule has 0 aliphatic rings. The summed E-state index contributed by atoms with van der Waals surface area (Å²) in [5.74, 6) is 0. The van der Waals surface area contributed by atoms with E-state index < -0.39 is 0 Å². The second-order valence-corrected chi connectivity index (χ2v) is 0.577. The molecule has 0 fully saturated rings. The van der Waals surface area contributed by atoms with Crippen LogP contribution in [0.2, 0.25) is 0 Å². The molecule has 0 unspecified atom stereocenters. The summed E-state index contributed by atoms with van der Waals surface area (Å²) in [7, 11) is 4.76. The molecule has 0 aromatic heterocycles. The molecule has 0 aliphatic carbocycles. The van der Waals surface area contributed by atoms with Gasteiger partial charge in [0.05, 0.1) is 0 Å². The Morgan fingerprint density at radius 3 is 2.29 bits per heavy atom. The number of ether oxygens (including phenoxy) is 1. The molecule has 0 spiro atoms. The van der Waals surface area contributed by atoms with Crippen molar-refractivity contribution in [2.24, 2.45) is 0 Å². The normalized spacial score (nSPS) is 5.71. The third kappa shape index (κ3) is 21.3. The van der Waals surface area contributed by atoms with Crippen LogP contribution in [-0.2, 0) is 22.0 Å². The molecular weight excluding hydrogens is 165 g/mol. The Morgan fingerprint density at radius 2 is 2.29 bits per heavy atom. The van der Waals surface area contributed by atoms with Crippen LogP contribution >= 0.6 is 9.69 Å². The van der Waals surface area contributed by atoms with E-state index in [1.807, 2.05) is 6.92 Å². The molecule has 0 N–H and O–H groups in total. The van der Waals surface area contributed by atoms with Crippen molar-refractivity contribution in [3.63, 3.8) is 0 Å². The second kappa shape index (κ2) is 16.1. The number of hydrogen-bond donors (Lipinski definition) is 0. The first-order valence-corrected chi connectivity index (χ1v) is 5.72. The van der Waals surface area contributed by atoms with Gasteiger partial charge in [0.2, 0.25) is 0 Å². The zero-order chi connectivity index (χ0) is 6.12. The standard InChI is InChI=1S/C4H7O.ClH.Zn/c1-3-5-4-2;;/h1,4H2,2H3;1H;/q-1;;+2/p-1. The van der Waals surface area contributed by atoms with Gasteiger partial charge in [-0.1, -0.05) is 0 Å². The van der Waals surface area contributed by atoms with Crippen molar-refractivity contribution in [3.05, 3.63) is 12.8 Å². The van der Waals surface area contributed by atoms with Crippen molar-refractivity contribution in [2.45, 2.75) is 6.92 Å². The van der Waals surface area contributed by atoms with E-state index in [9.17, 15) is 0 Å². The first-order valence-electron chi connectivity index (χ1n) is 1.82. The van der Waals surface area contributed by atoms with Gasteiger partial charge in [-0.15, -0.1) is 0 Å². The van der Waals surface area contributed by atoms with Crippen molar-refractivity contribution in [2.75, 3.05) is 6.61 Å². The molecule has 0 saturated heterocycles. The van der Waals surface area contributed by atoms with Gasteiger partial charge >= 0.3 is 27.0 Å².